The molecule has 1 amide bonds. The van der Waals surface area contributed by atoms with Crippen LogP contribution in [0.2, 0.25) is 0 Å². The number of allylic oxidation sites excluding steroid dienone is 3. The van der Waals surface area contributed by atoms with Crippen LogP contribution in [0.5, 0.6) is 0 Å². The minimum atomic E-state index is -1.09. The lowest BCUT2D eigenvalue weighted by molar-refractivity contribution is -0.130. The molecule has 6 nitrogen and oxygen atoms in total. The number of nitrogens with one attached hydrogen (secondary N) is 1. The molecular weight excluding hydrogens is 436 g/mol. The van der Waals surface area contributed by atoms with E-state index in [1.54, 1.807) is 18.3 Å². The van der Waals surface area contributed by atoms with E-state index in [9.17, 15) is 19.8 Å². The quantitative estimate of drug-likeness (QED) is 0.574. The first-order valence-corrected chi connectivity index (χ1v) is 12.3. The Balaban J connectivity index is 1.88. The van der Waals surface area contributed by atoms with Crippen molar-refractivity contribution in [2.75, 3.05) is 0 Å². The van der Waals surface area contributed by atoms with Gasteiger partial charge in [0.25, 0.3) is 0 Å². The maximum atomic E-state index is 12.7. The van der Waals surface area contributed by atoms with Gasteiger partial charge < -0.3 is 15.5 Å². The lowest BCUT2D eigenvalue weighted by atomic mass is 9.86. The van der Waals surface area contributed by atoms with Gasteiger partial charge in [-0.2, -0.15) is 0 Å². The predicted molar refractivity (Wildman–Crippen MR) is 132 cm³/mol. The third-order valence-electron chi connectivity index (χ3n) is 6.28. The summed E-state index contributed by atoms with van der Waals surface area (Å²) in [6.07, 6.45) is 5.13. The minimum Gasteiger partial charge on any atom is -0.392 e. The molecule has 33 heavy (non-hydrogen) atoms. The van der Waals surface area contributed by atoms with Crippen LogP contribution in [0.1, 0.15) is 63.1 Å². The highest BCUT2D eigenvalue weighted by molar-refractivity contribution is 7.18. The first-order valence-electron chi connectivity index (χ1n) is 11.5. The number of Topliss-reactive ketones (excluding diaryl/α,β-unsaturated/α-hetero) is 1. The van der Waals surface area contributed by atoms with Crippen LogP contribution < -0.4 is 5.32 Å². The maximum Gasteiger partial charge on any atom is 0.223 e. The van der Waals surface area contributed by atoms with Crippen LogP contribution >= 0.6 is 11.3 Å². The minimum absolute atomic E-state index is 0.0950. The maximum absolute atomic E-state index is 12.7. The van der Waals surface area contributed by atoms with E-state index in [1.165, 1.54) is 0 Å². The smallest absolute Gasteiger partial charge is 0.223 e. The summed E-state index contributed by atoms with van der Waals surface area (Å²) in [4.78, 5) is 29.9. The van der Waals surface area contributed by atoms with Crippen LogP contribution in [0.4, 0.5) is 0 Å². The number of aromatic nitrogens is 1. The fraction of sp³-hybridized carbons (Fsp3) is 0.500. The third kappa shape index (κ3) is 6.82. The third-order valence-corrected chi connectivity index (χ3v) is 7.23. The molecule has 0 saturated heterocycles. The average molecular weight is 471 g/mol. The summed E-state index contributed by atoms with van der Waals surface area (Å²) >= 11 is 1.63. The molecule has 2 aromatic rings. The Labute approximate surface area is 199 Å². The molecule has 0 aliphatic carbocycles. The van der Waals surface area contributed by atoms with Gasteiger partial charge in [-0.3, -0.25) is 9.59 Å². The van der Waals surface area contributed by atoms with E-state index >= 15 is 0 Å². The number of aliphatic hydroxyl groups is 2. The van der Waals surface area contributed by atoms with Crippen molar-refractivity contribution in [1.29, 1.82) is 0 Å². The number of nitrogens with zero attached hydrogens (tertiary/aromatic N) is 1. The molecule has 0 spiro atoms. The molecule has 3 N–H and O–H groups in total. The molecule has 5 atom stereocenters. The Kier molecular flexibility index (Phi) is 8.57. The number of aryl methyl sites for hydroxylation is 1. The SMILES string of the molecule is CC1=CC[C@@H](c2ccc3sc(C)nc3c2)NC(=O)C[C@H](O)CC(=O)[C@H](C)[C@@H](O)[C@@H](C)CC=C1. The van der Waals surface area contributed by atoms with E-state index in [1.807, 2.05) is 51.1 Å². The predicted octanol–water partition coefficient (Wildman–Crippen LogP) is 4.40. The zero-order valence-corrected chi connectivity index (χ0v) is 20.6. The molecule has 1 aliphatic heterocycles. The largest absolute Gasteiger partial charge is 0.392 e. The molecule has 7 heteroatoms. The monoisotopic (exact) mass is 470 g/mol. The topological polar surface area (TPSA) is 99.5 Å². The van der Waals surface area contributed by atoms with Crippen LogP contribution in [0.15, 0.2) is 42.0 Å². The lowest BCUT2D eigenvalue weighted by Gasteiger charge is -2.24. The number of benzene rings is 1. The average Bonchev–Trinajstić information content (AvgIpc) is 3.13. The van der Waals surface area contributed by atoms with Gasteiger partial charge in [0.1, 0.15) is 5.78 Å². The van der Waals surface area contributed by atoms with E-state index < -0.39 is 18.1 Å². The van der Waals surface area contributed by atoms with Crippen molar-refractivity contribution < 1.29 is 19.8 Å². The zero-order chi connectivity index (χ0) is 24.1. The van der Waals surface area contributed by atoms with E-state index in [0.717, 1.165) is 26.4 Å². The number of rotatable bonds is 1. The first kappa shape index (κ1) is 25.3. The summed E-state index contributed by atoms with van der Waals surface area (Å²) in [5.74, 6) is -1.24. The zero-order valence-electron chi connectivity index (χ0n) is 19.7. The normalized spacial score (nSPS) is 28.5. The van der Waals surface area contributed by atoms with Crippen LogP contribution in [0.3, 0.4) is 0 Å². The van der Waals surface area contributed by atoms with E-state index in [4.69, 9.17) is 0 Å². The fourth-order valence-corrected chi connectivity index (χ4v) is 4.98. The van der Waals surface area contributed by atoms with Gasteiger partial charge >= 0.3 is 0 Å². The van der Waals surface area contributed by atoms with Gasteiger partial charge in [0.2, 0.25) is 5.91 Å². The number of hydrogen-bond acceptors (Lipinski definition) is 6. The number of ketones is 1. The fourth-order valence-electron chi connectivity index (χ4n) is 4.18. The van der Waals surface area contributed by atoms with Gasteiger partial charge in [-0.25, -0.2) is 4.98 Å². The molecule has 0 saturated carbocycles. The molecule has 0 bridgehead atoms. The van der Waals surface area contributed by atoms with Gasteiger partial charge in [0.05, 0.1) is 39.9 Å². The number of carbonyl (C=O) groups excluding carboxylic acids is 2. The van der Waals surface area contributed by atoms with Gasteiger partial charge in [-0.05, 0) is 50.3 Å². The van der Waals surface area contributed by atoms with Crippen molar-refractivity contribution in [3.05, 3.63) is 52.6 Å². The van der Waals surface area contributed by atoms with Gasteiger partial charge in [-0.15, -0.1) is 11.3 Å². The second-order valence-electron chi connectivity index (χ2n) is 9.19. The summed E-state index contributed by atoms with van der Waals surface area (Å²) in [6, 6.07) is 5.76. The molecule has 0 fully saturated rings. The Morgan fingerprint density at radius 1 is 1.09 bits per heavy atom. The van der Waals surface area contributed by atoms with Crippen molar-refractivity contribution >= 4 is 33.2 Å². The highest BCUT2D eigenvalue weighted by Crippen LogP contribution is 2.27. The first-order chi connectivity index (χ1) is 15.6. The summed E-state index contributed by atoms with van der Waals surface area (Å²) in [6.45, 7) is 7.57. The molecule has 0 radical (unpaired) electrons. The van der Waals surface area contributed by atoms with Gasteiger partial charge in [0.15, 0.2) is 0 Å². The van der Waals surface area contributed by atoms with Crippen LogP contribution in [-0.4, -0.2) is 39.1 Å². The standard InChI is InChI=1S/C26H34N2O4S/c1-15-6-5-7-16(2)26(32)17(3)23(30)13-20(29)14-25(31)28-21(10-8-15)19-9-11-24-22(12-19)27-18(4)33-24/h5-6,8-9,11-12,16-17,20-21,26,29,32H,7,10,13-14H2,1-4H3,(H,28,31)/t16-,17-,20+,21-,26-/m0/s1. The molecule has 1 aliphatic rings. The second kappa shape index (κ2) is 11.2. The highest BCUT2D eigenvalue weighted by atomic mass is 32.1. The number of aliphatic hydroxyl groups excluding tert-OH is 2. The second-order valence-corrected chi connectivity index (χ2v) is 10.4. The van der Waals surface area contributed by atoms with Crippen molar-refractivity contribution in [1.82, 2.24) is 10.3 Å². The van der Waals surface area contributed by atoms with Crippen LogP contribution in [-0.2, 0) is 9.59 Å². The summed E-state index contributed by atoms with van der Waals surface area (Å²) in [5, 5.41) is 24.9. The molecule has 178 valence electrons. The molecule has 1 aromatic carbocycles. The van der Waals surface area contributed by atoms with Gasteiger partial charge in [0, 0.05) is 12.3 Å². The molecule has 3 rings (SSSR count). The Bertz CT molecular complexity index is 1060. The van der Waals surface area contributed by atoms with Crippen molar-refractivity contribution in [3.8, 4) is 0 Å². The van der Waals surface area contributed by atoms with E-state index in [-0.39, 0.29) is 36.5 Å². The van der Waals surface area contributed by atoms with Crippen molar-refractivity contribution in [3.63, 3.8) is 0 Å². The van der Waals surface area contributed by atoms with Crippen LogP contribution in [0.25, 0.3) is 10.2 Å². The summed E-state index contributed by atoms with van der Waals surface area (Å²) in [5.41, 5.74) is 2.91. The number of fused-ring (bicyclic) bond motifs is 1. The molecule has 2 heterocycles. The number of carbonyl (C=O) groups is 2. The molecule has 1 aromatic heterocycles. The van der Waals surface area contributed by atoms with E-state index in [2.05, 4.69) is 16.4 Å². The number of thiazole rings is 1. The molecule has 0 unspecified atom stereocenters. The summed E-state index contributed by atoms with van der Waals surface area (Å²) in [7, 11) is 0. The Hall–Kier alpha value is -2.35. The number of hydrogen-bond donors (Lipinski definition) is 3. The molecular formula is C26H34N2O4S. The van der Waals surface area contributed by atoms with Crippen molar-refractivity contribution in [2.45, 2.75) is 71.6 Å². The van der Waals surface area contributed by atoms with Crippen molar-refractivity contribution in [2.24, 2.45) is 11.8 Å². The Morgan fingerprint density at radius 3 is 2.61 bits per heavy atom. The van der Waals surface area contributed by atoms with E-state index in [0.29, 0.717) is 12.8 Å². The lowest BCUT2D eigenvalue weighted by Crippen LogP contribution is -2.35. The number of amides is 1. The highest BCUT2D eigenvalue weighted by Gasteiger charge is 2.28. The summed E-state index contributed by atoms with van der Waals surface area (Å²) < 4.78 is 1.10. The Morgan fingerprint density at radius 2 is 1.85 bits per heavy atom. The van der Waals surface area contributed by atoms with Gasteiger partial charge in [-0.1, -0.05) is 43.7 Å². The van der Waals surface area contributed by atoms with Crippen LogP contribution in [0, 0.1) is 18.8 Å².